The average molecular weight is 313 g/mol. The number of hydrogen-bond donors (Lipinski definition) is 0. The number of aromatic nitrogens is 2. The molecule has 1 aromatic carbocycles. The second-order valence-electron chi connectivity index (χ2n) is 5.34. The monoisotopic (exact) mass is 312 g/mol. The van der Waals surface area contributed by atoms with Crippen molar-refractivity contribution in [2.75, 3.05) is 0 Å². The predicted octanol–water partition coefficient (Wildman–Crippen LogP) is 5.96. The van der Waals surface area contributed by atoms with Crippen LogP contribution < -0.4 is 0 Å². The highest BCUT2D eigenvalue weighted by Gasteiger charge is 2.17. The van der Waals surface area contributed by atoms with Crippen molar-refractivity contribution >= 4 is 34.2 Å². The molecule has 2 aromatic rings. The standard InChI is InChI=1S/C16H22Cl2N2/c1-3-4-5-6-8-12(2)20-15(11-17)19-14-10-7-9-13(18)16(14)20/h7,9-10,12H,3-6,8,11H2,1-2H3. The molecule has 1 atom stereocenters. The Kier molecular flexibility index (Phi) is 5.74. The summed E-state index contributed by atoms with van der Waals surface area (Å²) >= 11 is 12.4. The third kappa shape index (κ3) is 3.29. The second-order valence-corrected chi connectivity index (χ2v) is 6.01. The van der Waals surface area contributed by atoms with Gasteiger partial charge in [-0.3, -0.25) is 0 Å². The molecule has 0 aliphatic heterocycles. The van der Waals surface area contributed by atoms with Gasteiger partial charge in [0.15, 0.2) is 0 Å². The number of benzene rings is 1. The van der Waals surface area contributed by atoms with Crippen molar-refractivity contribution in [1.82, 2.24) is 9.55 Å². The van der Waals surface area contributed by atoms with Crippen LogP contribution in [0.2, 0.25) is 5.02 Å². The van der Waals surface area contributed by atoms with Gasteiger partial charge in [-0.2, -0.15) is 0 Å². The van der Waals surface area contributed by atoms with Crippen LogP contribution in [0.3, 0.4) is 0 Å². The number of para-hydroxylation sites is 1. The molecule has 0 bridgehead atoms. The van der Waals surface area contributed by atoms with E-state index in [-0.39, 0.29) is 0 Å². The van der Waals surface area contributed by atoms with Crippen LogP contribution in [0.15, 0.2) is 18.2 Å². The van der Waals surface area contributed by atoms with E-state index in [1.165, 1.54) is 25.7 Å². The maximum absolute atomic E-state index is 6.36. The van der Waals surface area contributed by atoms with E-state index in [9.17, 15) is 0 Å². The Labute approximate surface area is 131 Å². The molecule has 1 unspecified atom stereocenters. The summed E-state index contributed by atoms with van der Waals surface area (Å²) in [6, 6.07) is 6.23. The van der Waals surface area contributed by atoms with Crippen molar-refractivity contribution in [3.05, 3.63) is 29.0 Å². The maximum atomic E-state index is 6.36. The van der Waals surface area contributed by atoms with Crippen LogP contribution >= 0.6 is 23.2 Å². The first-order chi connectivity index (χ1) is 9.69. The summed E-state index contributed by atoms with van der Waals surface area (Å²) in [5, 5.41) is 0.756. The van der Waals surface area contributed by atoms with Crippen LogP contribution in [0.1, 0.15) is 57.8 Å². The van der Waals surface area contributed by atoms with Gasteiger partial charge < -0.3 is 4.57 Å². The quantitative estimate of drug-likeness (QED) is 0.455. The minimum atomic E-state index is 0.380. The molecule has 2 nitrogen and oxygen atoms in total. The fourth-order valence-corrected chi connectivity index (χ4v) is 3.17. The van der Waals surface area contributed by atoms with Crippen molar-refractivity contribution < 1.29 is 0 Å². The fourth-order valence-electron chi connectivity index (χ4n) is 2.72. The van der Waals surface area contributed by atoms with E-state index in [1.54, 1.807) is 0 Å². The summed E-state index contributed by atoms with van der Waals surface area (Å²) in [7, 11) is 0. The molecule has 2 rings (SSSR count). The van der Waals surface area contributed by atoms with Gasteiger partial charge in [-0.1, -0.05) is 50.3 Å². The van der Waals surface area contributed by atoms with Gasteiger partial charge in [0.2, 0.25) is 0 Å². The molecule has 20 heavy (non-hydrogen) atoms. The Morgan fingerprint density at radius 2 is 2.05 bits per heavy atom. The minimum Gasteiger partial charge on any atom is -0.323 e. The summed E-state index contributed by atoms with van der Waals surface area (Å²) in [6.45, 7) is 4.46. The number of alkyl halides is 1. The first kappa shape index (κ1) is 15.7. The van der Waals surface area contributed by atoms with Gasteiger partial charge in [0.1, 0.15) is 5.82 Å². The largest absolute Gasteiger partial charge is 0.323 e. The zero-order chi connectivity index (χ0) is 14.5. The molecule has 0 amide bonds. The van der Waals surface area contributed by atoms with E-state index in [0.29, 0.717) is 11.9 Å². The Balaban J connectivity index is 2.27. The third-order valence-corrected chi connectivity index (χ3v) is 4.31. The highest BCUT2D eigenvalue weighted by atomic mass is 35.5. The highest BCUT2D eigenvalue weighted by molar-refractivity contribution is 6.35. The Morgan fingerprint density at radius 1 is 1.25 bits per heavy atom. The zero-order valence-corrected chi connectivity index (χ0v) is 13.7. The van der Waals surface area contributed by atoms with Gasteiger partial charge in [-0.25, -0.2) is 4.98 Å². The molecule has 0 radical (unpaired) electrons. The van der Waals surface area contributed by atoms with E-state index in [2.05, 4.69) is 23.4 Å². The van der Waals surface area contributed by atoms with E-state index in [4.69, 9.17) is 23.2 Å². The van der Waals surface area contributed by atoms with E-state index in [0.717, 1.165) is 28.3 Å². The SMILES string of the molecule is CCCCCCC(C)n1c(CCl)nc2cccc(Cl)c21. The number of fused-ring (bicyclic) bond motifs is 1. The van der Waals surface area contributed by atoms with Crippen molar-refractivity contribution in [1.29, 1.82) is 0 Å². The number of hydrogen-bond acceptors (Lipinski definition) is 1. The molecule has 0 aliphatic carbocycles. The number of rotatable bonds is 7. The Morgan fingerprint density at radius 3 is 2.75 bits per heavy atom. The maximum Gasteiger partial charge on any atom is 0.125 e. The molecule has 0 fully saturated rings. The highest BCUT2D eigenvalue weighted by Crippen LogP contribution is 2.30. The summed E-state index contributed by atoms with van der Waals surface area (Å²) < 4.78 is 2.22. The zero-order valence-electron chi connectivity index (χ0n) is 12.2. The molecule has 0 spiro atoms. The number of imidazole rings is 1. The molecular formula is C16H22Cl2N2. The molecular weight excluding hydrogens is 291 g/mol. The number of nitrogens with zero attached hydrogens (tertiary/aromatic N) is 2. The third-order valence-electron chi connectivity index (χ3n) is 3.77. The molecule has 110 valence electrons. The lowest BCUT2D eigenvalue weighted by Crippen LogP contribution is -2.08. The lowest BCUT2D eigenvalue weighted by molar-refractivity contribution is 0.473. The van der Waals surface area contributed by atoms with Crippen LogP contribution in [-0.4, -0.2) is 9.55 Å². The molecule has 0 saturated carbocycles. The molecule has 0 aliphatic rings. The van der Waals surface area contributed by atoms with Crippen LogP contribution in [0.5, 0.6) is 0 Å². The van der Waals surface area contributed by atoms with Gasteiger partial charge in [-0.05, 0) is 25.5 Å². The molecule has 4 heteroatoms. The summed E-state index contributed by atoms with van der Waals surface area (Å²) in [5.41, 5.74) is 1.96. The topological polar surface area (TPSA) is 17.8 Å². The smallest absolute Gasteiger partial charge is 0.125 e. The van der Waals surface area contributed by atoms with E-state index >= 15 is 0 Å². The lowest BCUT2D eigenvalue weighted by Gasteiger charge is -2.17. The van der Waals surface area contributed by atoms with Crippen LogP contribution in [-0.2, 0) is 5.88 Å². The van der Waals surface area contributed by atoms with E-state index < -0.39 is 0 Å². The van der Waals surface area contributed by atoms with Gasteiger partial charge in [0, 0.05) is 6.04 Å². The first-order valence-electron chi connectivity index (χ1n) is 7.40. The first-order valence-corrected chi connectivity index (χ1v) is 8.31. The van der Waals surface area contributed by atoms with Gasteiger partial charge in [-0.15, -0.1) is 11.6 Å². The van der Waals surface area contributed by atoms with Crippen molar-refractivity contribution in [2.45, 2.75) is 57.9 Å². The predicted molar refractivity (Wildman–Crippen MR) is 87.8 cm³/mol. The minimum absolute atomic E-state index is 0.380. The van der Waals surface area contributed by atoms with Crippen LogP contribution in [0, 0.1) is 0 Å². The van der Waals surface area contributed by atoms with Crippen molar-refractivity contribution in [3.63, 3.8) is 0 Å². The van der Waals surface area contributed by atoms with Crippen molar-refractivity contribution in [3.8, 4) is 0 Å². The van der Waals surface area contributed by atoms with Crippen molar-refractivity contribution in [2.24, 2.45) is 0 Å². The van der Waals surface area contributed by atoms with Crippen LogP contribution in [0.25, 0.3) is 11.0 Å². The number of halogens is 2. The van der Waals surface area contributed by atoms with Gasteiger partial charge in [0.05, 0.1) is 21.9 Å². The second kappa shape index (κ2) is 7.33. The average Bonchev–Trinajstić information content (AvgIpc) is 2.83. The van der Waals surface area contributed by atoms with E-state index in [1.807, 2.05) is 18.2 Å². The van der Waals surface area contributed by atoms with Gasteiger partial charge in [0.25, 0.3) is 0 Å². The molecule has 1 heterocycles. The molecule has 0 saturated heterocycles. The summed E-state index contributed by atoms with van der Waals surface area (Å²) in [5.74, 6) is 1.34. The summed E-state index contributed by atoms with van der Waals surface area (Å²) in [6.07, 6.45) is 6.24. The lowest BCUT2D eigenvalue weighted by atomic mass is 10.1. The Hall–Kier alpha value is -0.730. The molecule has 1 aromatic heterocycles. The summed E-state index contributed by atoms with van der Waals surface area (Å²) in [4.78, 5) is 4.60. The fraction of sp³-hybridized carbons (Fsp3) is 0.562. The molecule has 0 N–H and O–H groups in total. The number of unbranched alkanes of at least 4 members (excludes halogenated alkanes) is 3. The van der Waals surface area contributed by atoms with Gasteiger partial charge >= 0.3 is 0 Å². The van der Waals surface area contributed by atoms with Crippen LogP contribution in [0.4, 0.5) is 0 Å². The normalized spacial score (nSPS) is 13.0. The Bertz CT molecular complexity index is 563.